The maximum absolute atomic E-state index is 12.9. The molecule has 0 saturated carbocycles. The molecule has 2 aromatic rings. The summed E-state index contributed by atoms with van der Waals surface area (Å²) in [5, 5.41) is 3.18. The van der Waals surface area contributed by atoms with Gasteiger partial charge in [0.25, 0.3) is 0 Å². The zero-order chi connectivity index (χ0) is 23.5. The van der Waals surface area contributed by atoms with Gasteiger partial charge < -0.3 is 14.8 Å². The molecule has 7 nitrogen and oxygen atoms in total. The number of ether oxygens (including phenoxy) is 2. The SMILES string of the molecule is COc1cc(N(CC(=O)N[C@@H](C)c2ccc3c(c2)CCCC3)S(C)(=O)=O)c(OC)cc1Cl. The molecule has 0 aliphatic heterocycles. The normalized spacial score (nSPS) is 14.3. The summed E-state index contributed by atoms with van der Waals surface area (Å²) in [4.78, 5) is 12.9. The Morgan fingerprint density at radius 1 is 1.09 bits per heavy atom. The predicted molar refractivity (Wildman–Crippen MR) is 126 cm³/mol. The van der Waals surface area contributed by atoms with Crippen molar-refractivity contribution < 1.29 is 22.7 Å². The molecule has 0 fully saturated rings. The number of benzene rings is 2. The molecule has 0 saturated heterocycles. The van der Waals surface area contributed by atoms with Gasteiger partial charge in [0.15, 0.2) is 0 Å². The summed E-state index contributed by atoms with van der Waals surface area (Å²) in [5.41, 5.74) is 3.86. The molecule has 0 radical (unpaired) electrons. The van der Waals surface area contributed by atoms with Crippen LogP contribution in [0.3, 0.4) is 0 Å². The van der Waals surface area contributed by atoms with Gasteiger partial charge in [0, 0.05) is 12.1 Å². The van der Waals surface area contributed by atoms with E-state index in [-0.39, 0.29) is 28.3 Å². The first kappa shape index (κ1) is 24.2. The van der Waals surface area contributed by atoms with Crippen LogP contribution in [0.4, 0.5) is 5.69 Å². The van der Waals surface area contributed by atoms with E-state index in [9.17, 15) is 13.2 Å². The third-order valence-corrected chi connectivity index (χ3v) is 7.08. The van der Waals surface area contributed by atoms with Crippen LogP contribution in [0.1, 0.15) is 42.5 Å². The third-order valence-electron chi connectivity index (χ3n) is 5.66. The molecule has 174 valence electrons. The van der Waals surface area contributed by atoms with Gasteiger partial charge in [-0.3, -0.25) is 9.10 Å². The van der Waals surface area contributed by atoms with Crippen molar-refractivity contribution in [2.24, 2.45) is 0 Å². The smallest absolute Gasteiger partial charge is 0.241 e. The Labute approximate surface area is 194 Å². The van der Waals surface area contributed by atoms with Crippen LogP contribution in [-0.2, 0) is 27.7 Å². The Kier molecular flexibility index (Phi) is 7.56. The number of amides is 1. The van der Waals surface area contributed by atoms with Crippen LogP contribution in [0.2, 0.25) is 5.02 Å². The largest absolute Gasteiger partial charge is 0.495 e. The van der Waals surface area contributed by atoms with Gasteiger partial charge in [0.1, 0.15) is 18.0 Å². The number of halogens is 1. The number of hydrogen-bond donors (Lipinski definition) is 1. The Morgan fingerprint density at radius 2 is 1.75 bits per heavy atom. The Balaban J connectivity index is 1.82. The molecule has 1 amide bonds. The number of carbonyl (C=O) groups excluding carboxylic acids is 1. The fourth-order valence-corrected chi connectivity index (χ4v) is 5.03. The van der Waals surface area contributed by atoms with Crippen molar-refractivity contribution in [2.75, 3.05) is 31.3 Å². The van der Waals surface area contributed by atoms with Crippen molar-refractivity contribution in [3.63, 3.8) is 0 Å². The van der Waals surface area contributed by atoms with Gasteiger partial charge in [0.2, 0.25) is 15.9 Å². The molecule has 0 spiro atoms. The van der Waals surface area contributed by atoms with E-state index >= 15 is 0 Å². The van der Waals surface area contributed by atoms with Crippen molar-refractivity contribution in [1.82, 2.24) is 5.32 Å². The molecule has 0 aromatic heterocycles. The minimum atomic E-state index is -3.80. The molecule has 9 heteroatoms. The van der Waals surface area contributed by atoms with Crippen molar-refractivity contribution in [2.45, 2.75) is 38.6 Å². The monoisotopic (exact) mass is 480 g/mol. The Hall–Kier alpha value is -2.45. The lowest BCUT2D eigenvalue weighted by Crippen LogP contribution is -2.41. The first-order chi connectivity index (χ1) is 15.1. The second kappa shape index (κ2) is 10.0. The van der Waals surface area contributed by atoms with Crippen LogP contribution in [-0.4, -0.2) is 41.3 Å². The van der Waals surface area contributed by atoms with Crippen molar-refractivity contribution in [3.05, 3.63) is 52.0 Å². The number of carbonyl (C=O) groups is 1. The van der Waals surface area contributed by atoms with Gasteiger partial charge in [-0.15, -0.1) is 0 Å². The summed E-state index contributed by atoms with van der Waals surface area (Å²) < 4.78 is 36.6. The Morgan fingerprint density at radius 3 is 2.38 bits per heavy atom. The molecule has 1 aliphatic rings. The zero-order valence-electron chi connectivity index (χ0n) is 18.8. The highest BCUT2D eigenvalue weighted by atomic mass is 35.5. The number of sulfonamides is 1. The van der Waals surface area contributed by atoms with Crippen molar-refractivity contribution in [1.29, 1.82) is 0 Å². The van der Waals surface area contributed by atoms with Gasteiger partial charge in [-0.05, 0) is 49.3 Å². The molecule has 1 aliphatic carbocycles. The van der Waals surface area contributed by atoms with Crippen LogP contribution in [0.25, 0.3) is 0 Å². The van der Waals surface area contributed by atoms with Crippen LogP contribution in [0, 0.1) is 0 Å². The topological polar surface area (TPSA) is 84.9 Å². The number of nitrogens with one attached hydrogen (secondary N) is 1. The van der Waals surface area contributed by atoms with Gasteiger partial charge in [-0.1, -0.05) is 29.8 Å². The maximum atomic E-state index is 12.9. The predicted octanol–water partition coefficient (Wildman–Crippen LogP) is 3.88. The molecule has 0 bridgehead atoms. The van der Waals surface area contributed by atoms with E-state index in [1.165, 1.54) is 50.3 Å². The Bertz CT molecular complexity index is 1100. The number of rotatable bonds is 8. The number of hydrogen-bond acceptors (Lipinski definition) is 5. The van der Waals surface area contributed by atoms with Crippen molar-refractivity contribution in [3.8, 4) is 11.5 Å². The van der Waals surface area contributed by atoms with E-state index in [4.69, 9.17) is 21.1 Å². The maximum Gasteiger partial charge on any atom is 0.241 e. The number of anilines is 1. The second-order valence-corrected chi connectivity index (χ2v) is 10.3. The highest BCUT2D eigenvalue weighted by molar-refractivity contribution is 7.92. The lowest BCUT2D eigenvalue weighted by molar-refractivity contribution is -0.120. The molecule has 3 rings (SSSR count). The van der Waals surface area contributed by atoms with E-state index < -0.39 is 22.5 Å². The van der Waals surface area contributed by atoms with Crippen LogP contribution >= 0.6 is 11.6 Å². The second-order valence-electron chi connectivity index (χ2n) is 7.95. The average molecular weight is 481 g/mol. The first-order valence-corrected chi connectivity index (χ1v) is 12.7. The molecule has 1 N–H and O–H groups in total. The van der Waals surface area contributed by atoms with Gasteiger partial charge in [-0.2, -0.15) is 0 Å². The number of methoxy groups -OCH3 is 2. The molecule has 32 heavy (non-hydrogen) atoms. The van der Waals surface area contributed by atoms with Gasteiger partial charge >= 0.3 is 0 Å². The number of nitrogens with zero attached hydrogens (tertiary/aromatic N) is 1. The third kappa shape index (κ3) is 5.48. The number of fused-ring (bicyclic) bond motifs is 1. The van der Waals surface area contributed by atoms with Gasteiger partial charge in [0.05, 0.1) is 37.2 Å². The number of aryl methyl sites for hydroxylation is 2. The van der Waals surface area contributed by atoms with Crippen LogP contribution < -0.4 is 19.1 Å². The molecule has 2 aromatic carbocycles. The highest BCUT2D eigenvalue weighted by Gasteiger charge is 2.26. The van der Waals surface area contributed by atoms with Crippen molar-refractivity contribution >= 4 is 33.2 Å². The van der Waals surface area contributed by atoms with Gasteiger partial charge in [-0.25, -0.2) is 8.42 Å². The molecule has 0 heterocycles. The van der Waals surface area contributed by atoms with E-state index in [0.717, 1.165) is 29.0 Å². The summed E-state index contributed by atoms with van der Waals surface area (Å²) in [5.74, 6) is 0.0623. The molecule has 1 atom stereocenters. The zero-order valence-corrected chi connectivity index (χ0v) is 20.3. The highest BCUT2D eigenvalue weighted by Crippen LogP contribution is 2.39. The van der Waals surface area contributed by atoms with E-state index in [0.29, 0.717) is 0 Å². The summed E-state index contributed by atoms with van der Waals surface area (Å²) >= 11 is 6.14. The molecular formula is C23H29ClN2O5S. The first-order valence-electron chi connectivity index (χ1n) is 10.4. The summed E-state index contributed by atoms with van der Waals surface area (Å²) in [6, 6.07) is 8.93. The standard InChI is InChI=1S/C23H29ClN2O5S/c1-15(17-10-9-16-7-5-6-8-18(16)11-17)25-23(27)14-26(32(4,28)29)20-13-21(30-2)19(24)12-22(20)31-3/h9-13,15H,5-8,14H2,1-4H3,(H,25,27)/t15-/m0/s1. The fraction of sp³-hybridized carbons (Fsp3) is 0.435. The quantitative estimate of drug-likeness (QED) is 0.619. The minimum Gasteiger partial charge on any atom is -0.495 e. The summed E-state index contributed by atoms with van der Waals surface area (Å²) in [6.07, 6.45) is 5.55. The molecule has 0 unspecified atom stereocenters. The summed E-state index contributed by atoms with van der Waals surface area (Å²) in [7, 11) is -0.973. The lowest BCUT2D eigenvalue weighted by atomic mass is 9.89. The average Bonchev–Trinajstić information content (AvgIpc) is 2.76. The molecular weight excluding hydrogens is 452 g/mol. The lowest BCUT2D eigenvalue weighted by Gasteiger charge is -2.26. The van der Waals surface area contributed by atoms with E-state index in [1.54, 1.807) is 0 Å². The summed E-state index contributed by atoms with van der Waals surface area (Å²) in [6.45, 7) is 1.48. The minimum absolute atomic E-state index is 0.174. The van der Waals surface area contributed by atoms with E-state index in [2.05, 4.69) is 17.4 Å². The fourth-order valence-electron chi connectivity index (χ4n) is 3.94. The van der Waals surface area contributed by atoms with E-state index in [1.807, 2.05) is 13.0 Å². The van der Waals surface area contributed by atoms with Crippen LogP contribution in [0.15, 0.2) is 30.3 Å². The van der Waals surface area contributed by atoms with Crippen LogP contribution in [0.5, 0.6) is 11.5 Å².